The third-order valence-electron chi connectivity index (χ3n) is 6.85. The third kappa shape index (κ3) is 4.37. The van der Waals surface area contributed by atoms with Gasteiger partial charge in [0.05, 0.1) is 11.6 Å². The number of benzene rings is 2. The summed E-state index contributed by atoms with van der Waals surface area (Å²) in [5, 5.41) is 11.4. The molecule has 5 rings (SSSR count). The minimum atomic E-state index is -0.543. The lowest BCUT2D eigenvalue weighted by Gasteiger charge is -2.36. The van der Waals surface area contributed by atoms with E-state index in [1.807, 2.05) is 24.3 Å². The van der Waals surface area contributed by atoms with Crippen LogP contribution in [0.1, 0.15) is 40.1 Å². The number of aromatic amines is 1. The van der Waals surface area contributed by atoms with Gasteiger partial charge in [0.2, 0.25) is 0 Å². The predicted octanol–water partition coefficient (Wildman–Crippen LogP) is 4.34. The van der Waals surface area contributed by atoms with E-state index in [2.05, 4.69) is 40.0 Å². The smallest absolute Gasteiger partial charge is 0.284 e. The Morgan fingerprint density at radius 1 is 1.15 bits per heavy atom. The fraction of sp³-hybridized carbons (Fsp3) is 0.333. The van der Waals surface area contributed by atoms with Crippen LogP contribution in [0.3, 0.4) is 0 Å². The molecule has 1 amide bonds. The molecule has 1 aliphatic heterocycles. The Labute approximate surface area is 198 Å². The number of hydrogen-bond acceptors (Lipinski definition) is 5. The van der Waals surface area contributed by atoms with Crippen molar-refractivity contribution in [3.8, 4) is 6.07 Å². The van der Waals surface area contributed by atoms with Gasteiger partial charge in [-0.2, -0.15) is 5.26 Å². The van der Waals surface area contributed by atoms with E-state index in [1.165, 1.54) is 10.9 Å². The van der Waals surface area contributed by atoms with E-state index >= 15 is 0 Å². The zero-order valence-electron chi connectivity index (χ0n) is 19.4. The largest absolute Gasteiger partial charge is 0.451 e. The van der Waals surface area contributed by atoms with E-state index in [4.69, 9.17) is 10.2 Å². The highest BCUT2D eigenvalue weighted by molar-refractivity contribution is 5.95. The summed E-state index contributed by atoms with van der Waals surface area (Å²) in [5.41, 5.74) is 11.5. The van der Waals surface area contributed by atoms with Crippen LogP contribution in [-0.2, 0) is 6.42 Å². The average molecular weight is 456 g/mol. The van der Waals surface area contributed by atoms with Crippen molar-refractivity contribution >= 4 is 33.5 Å². The molecule has 3 N–H and O–H groups in total. The van der Waals surface area contributed by atoms with Gasteiger partial charge in [-0.05, 0) is 80.3 Å². The van der Waals surface area contributed by atoms with Crippen molar-refractivity contribution in [1.82, 2.24) is 9.88 Å². The van der Waals surface area contributed by atoms with Crippen molar-refractivity contribution in [3.63, 3.8) is 0 Å². The molecule has 0 spiro atoms. The second-order valence-corrected chi connectivity index (χ2v) is 9.12. The first-order valence-corrected chi connectivity index (χ1v) is 11.8. The quantitative estimate of drug-likeness (QED) is 0.404. The summed E-state index contributed by atoms with van der Waals surface area (Å²) in [6.45, 7) is 7.17. The molecule has 1 fully saturated rings. The molecule has 3 heterocycles. The van der Waals surface area contributed by atoms with Gasteiger partial charge in [-0.25, -0.2) is 0 Å². The van der Waals surface area contributed by atoms with Gasteiger partial charge in [-0.3, -0.25) is 9.69 Å². The summed E-state index contributed by atoms with van der Waals surface area (Å²) in [6, 6.07) is 14.0. The van der Waals surface area contributed by atoms with Crippen LogP contribution in [0.25, 0.3) is 21.9 Å². The van der Waals surface area contributed by atoms with E-state index in [9.17, 15) is 10.1 Å². The second-order valence-electron chi connectivity index (χ2n) is 9.12. The molecular weight excluding hydrogens is 426 g/mol. The number of nitrogens with zero attached hydrogens (tertiary/aromatic N) is 3. The molecule has 0 unspecified atom stereocenters. The number of carbonyl (C=O) groups excluding carboxylic acids is 1. The Morgan fingerprint density at radius 3 is 2.74 bits per heavy atom. The summed E-state index contributed by atoms with van der Waals surface area (Å²) < 4.78 is 5.49. The number of nitriles is 1. The monoisotopic (exact) mass is 455 g/mol. The van der Waals surface area contributed by atoms with E-state index in [1.54, 1.807) is 6.07 Å². The molecule has 4 aromatic rings. The fourth-order valence-corrected chi connectivity index (χ4v) is 4.97. The third-order valence-corrected chi connectivity index (χ3v) is 6.85. The van der Waals surface area contributed by atoms with Gasteiger partial charge in [-0.15, -0.1) is 0 Å². The maximum absolute atomic E-state index is 11.4. The van der Waals surface area contributed by atoms with E-state index < -0.39 is 5.91 Å². The lowest BCUT2D eigenvalue weighted by atomic mass is 10.0. The van der Waals surface area contributed by atoms with Crippen LogP contribution in [0.4, 0.5) is 5.69 Å². The molecule has 0 radical (unpaired) electrons. The number of primary amides is 1. The molecule has 0 bridgehead atoms. The molecule has 0 saturated carbocycles. The van der Waals surface area contributed by atoms with Crippen LogP contribution in [-0.4, -0.2) is 48.5 Å². The van der Waals surface area contributed by atoms with Crippen molar-refractivity contribution in [3.05, 3.63) is 65.0 Å². The normalized spacial score (nSPS) is 14.6. The Morgan fingerprint density at radius 2 is 1.97 bits per heavy atom. The number of hydrogen-bond donors (Lipinski definition) is 2. The van der Waals surface area contributed by atoms with Gasteiger partial charge >= 0.3 is 0 Å². The molecule has 34 heavy (non-hydrogen) atoms. The Hall–Kier alpha value is -3.76. The molecule has 174 valence electrons. The average Bonchev–Trinajstić information content (AvgIpc) is 3.46. The number of nitrogens with two attached hydrogens (primary N) is 1. The maximum atomic E-state index is 11.4. The summed E-state index contributed by atoms with van der Waals surface area (Å²) >= 11 is 0. The fourth-order valence-electron chi connectivity index (χ4n) is 4.97. The van der Waals surface area contributed by atoms with Gasteiger partial charge < -0.3 is 20.0 Å². The van der Waals surface area contributed by atoms with Crippen LogP contribution < -0.4 is 10.6 Å². The van der Waals surface area contributed by atoms with Crippen molar-refractivity contribution in [2.45, 2.75) is 26.2 Å². The number of aryl methyl sites for hydroxylation is 2. The molecule has 0 atom stereocenters. The Bertz CT molecular complexity index is 1390. The highest BCUT2D eigenvalue weighted by Gasteiger charge is 2.18. The summed E-state index contributed by atoms with van der Waals surface area (Å²) in [6.07, 6.45) is 5.40. The summed E-state index contributed by atoms with van der Waals surface area (Å²) in [7, 11) is 0. The van der Waals surface area contributed by atoms with Crippen molar-refractivity contribution < 1.29 is 9.21 Å². The standard InChI is InChI=1S/C27H29N5O2/c1-18-12-19(16-28)13-23-20(17-30-26(18)23)4-2-3-7-31-8-10-32(11-9-31)22-5-6-24-21(14-22)15-25(34-24)27(29)33/h5-6,12-15,17,30H,2-4,7-11H2,1H3,(H2,29,33). The lowest BCUT2D eigenvalue weighted by molar-refractivity contribution is 0.0976. The number of amides is 1. The first-order chi connectivity index (χ1) is 16.5. The van der Waals surface area contributed by atoms with Crippen molar-refractivity contribution in [1.29, 1.82) is 5.26 Å². The highest BCUT2D eigenvalue weighted by atomic mass is 16.3. The lowest BCUT2D eigenvalue weighted by Crippen LogP contribution is -2.46. The van der Waals surface area contributed by atoms with Crippen LogP contribution in [0.15, 0.2) is 47.0 Å². The molecule has 2 aromatic carbocycles. The number of nitrogens with one attached hydrogen (secondary N) is 1. The van der Waals surface area contributed by atoms with Gasteiger partial charge in [0, 0.05) is 54.4 Å². The first kappa shape index (κ1) is 22.1. The molecule has 1 aliphatic rings. The van der Waals surface area contributed by atoms with Gasteiger partial charge in [0.1, 0.15) is 5.58 Å². The highest BCUT2D eigenvalue weighted by Crippen LogP contribution is 2.27. The molecule has 7 nitrogen and oxygen atoms in total. The van der Waals surface area contributed by atoms with Crippen LogP contribution in [0, 0.1) is 18.3 Å². The van der Waals surface area contributed by atoms with E-state index in [0.717, 1.165) is 79.7 Å². The number of anilines is 1. The SMILES string of the molecule is Cc1cc(C#N)cc2c(CCCCN3CCN(c4ccc5oc(C(N)=O)cc5c4)CC3)c[nH]c12. The summed E-state index contributed by atoms with van der Waals surface area (Å²) in [5.74, 6) is -0.344. The van der Waals surface area contributed by atoms with Gasteiger partial charge in [0.15, 0.2) is 5.76 Å². The zero-order chi connectivity index (χ0) is 23.7. The van der Waals surface area contributed by atoms with E-state index in [0.29, 0.717) is 5.58 Å². The summed E-state index contributed by atoms with van der Waals surface area (Å²) in [4.78, 5) is 19.7. The predicted molar refractivity (Wildman–Crippen MR) is 134 cm³/mol. The number of carbonyl (C=O) groups is 1. The number of unbranched alkanes of at least 4 members (excludes halogenated alkanes) is 1. The van der Waals surface area contributed by atoms with Gasteiger partial charge in [0.25, 0.3) is 5.91 Å². The number of rotatable bonds is 7. The van der Waals surface area contributed by atoms with Crippen LogP contribution >= 0.6 is 0 Å². The van der Waals surface area contributed by atoms with Crippen LogP contribution in [0.2, 0.25) is 0 Å². The zero-order valence-corrected chi connectivity index (χ0v) is 19.4. The van der Waals surface area contributed by atoms with E-state index in [-0.39, 0.29) is 5.76 Å². The first-order valence-electron chi connectivity index (χ1n) is 11.8. The number of aromatic nitrogens is 1. The minimum absolute atomic E-state index is 0.199. The van der Waals surface area contributed by atoms with Crippen molar-refractivity contribution in [2.75, 3.05) is 37.6 Å². The molecule has 1 saturated heterocycles. The molecule has 7 heteroatoms. The number of piperazine rings is 1. The topological polar surface area (TPSA) is 102 Å². The van der Waals surface area contributed by atoms with Gasteiger partial charge in [-0.1, -0.05) is 0 Å². The molecular formula is C27H29N5O2. The second kappa shape index (κ2) is 9.24. The van der Waals surface area contributed by atoms with Crippen LogP contribution in [0.5, 0.6) is 0 Å². The number of H-pyrrole nitrogens is 1. The molecule has 2 aromatic heterocycles. The number of furan rings is 1. The Kier molecular flexibility index (Phi) is 5.99. The molecule has 0 aliphatic carbocycles. The maximum Gasteiger partial charge on any atom is 0.284 e. The Balaban J connectivity index is 1.12. The minimum Gasteiger partial charge on any atom is -0.451 e. The number of fused-ring (bicyclic) bond motifs is 2. The van der Waals surface area contributed by atoms with Crippen molar-refractivity contribution in [2.24, 2.45) is 5.73 Å².